The number of fused-ring (bicyclic) bond motifs is 1. The van der Waals surface area contributed by atoms with E-state index in [1.165, 1.54) is 0 Å². The molecule has 2 aromatic rings. The zero-order chi connectivity index (χ0) is 17.3. The molecule has 0 aromatic heterocycles. The van der Waals surface area contributed by atoms with E-state index < -0.39 is 17.5 Å². The van der Waals surface area contributed by atoms with E-state index in [2.05, 4.69) is 5.32 Å². The third-order valence-corrected chi connectivity index (χ3v) is 4.18. The van der Waals surface area contributed by atoms with Crippen LogP contribution >= 0.6 is 11.6 Å². The van der Waals surface area contributed by atoms with Crippen molar-refractivity contribution in [2.75, 3.05) is 12.4 Å². The lowest BCUT2D eigenvalue weighted by Crippen LogP contribution is -2.48. The summed E-state index contributed by atoms with van der Waals surface area (Å²) in [6.45, 7) is 1.59. The number of anilines is 1. The van der Waals surface area contributed by atoms with E-state index in [0.717, 1.165) is 0 Å². The van der Waals surface area contributed by atoms with Gasteiger partial charge in [0.2, 0.25) is 0 Å². The SMILES string of the molecule is COc1cccc(NC(=O)[C@]2(C)Cc3cc(Cl)ccc3C(=O)O2)c1. The number of nitrogens with one attached hydrogen (secondary N) is 1. The smallest absolute Gasteiger partial charge is 0.339 e. The quantitative estimate of drug-likeness (QED) is 0.865. The number of hydrogen-bond acceptors (Lipinski definition) is 4. The van der Waals surface area contributed by atoms with Gasteiger partial charge in [0.15, 0.2) is 5.60 Å². The van der Waals surface area contributed by atoms with Crippen LogP contribution in [0.4, 0.5) is 5.69 Å². The normalized spacial score (nSPS) is 19.2. The number of carbonyl (C=O) groups excluding carboxylic acids is 2. The molecule has 24 heavy (non-hydrogen) atoms. The number of rotatable bonds is 3. The van der Waals surface area contributed by atoms with E-state index in [0.29, 0.717) is 27.6 Å². The topological polar surface area (TPSA) is 64.6 Å². The number of methoxy groups -OCH3 is 1. The highest BCUT2D eigenvalue weighted by molar-refractivity contribution is 6.30. The molecule has 1 aliphatic rings. The Morgan fingerprint density at radius 1 is 1.29 bits per heavy atom. The average molecular weight is 346 g/mol. The van der Waals surface area contributed by atoms with Crippen molar-refractivity contribution in [1.29, 1.82) is 0 Å². The fourth-order valence-electron chi connectivity index (χ4n) is 2.66. The molecule has 1 aliphatic heterocycles. The minimum Gasteiger partial charge on any atom is -0.497 e. The van der Waals surface area contributed by atoms with Crippen molar-refractivity contribution >= 4 is 29.2 Å². The maximum absolute atomic E-state index is 12.7. The second kappa shape index (κ2) is 6.17. The highest BCUT2D eigenvalue weighted by Crippen LogP contribution is 2.31. The summed E-state index contributed by atoms with van der Waals surface area (Å²) in [6, 6.07) is 11.9. The molecule has 0 radical (unpaired) electrons. The van der Waals surface area contributed by atoms with E-state index in [9.17, 15) is 9.59 Å². The molecule has 0 aliphatic carbocycles. The second-order valence-corrected chi connectivity index (χ2v) is 6.22. The van der Waals surface area contributed by atoms with Crippen molar-refractivity contribution in [3.8, 4) is 5.75 Å². The summed E-state index contributed by atoms with van der Waals surface area (Å²) in [7, 11) is 1.55. The van der Waals surface area contributed by atoms with Gasteiger partial charge in [-0.3, -0.25) is 4.79 Å². The molecule has 6 heteroatoms. The molecule has 0 saturated carbocycles. The van der Waals surface area contributed by atoms with E-state index in [4.69, 9.17) is 21.1 Å². The van der Waals surface area contributed by atoms with Crippen molar-refractivity contribution in [2.24, 2.45) is 0 Å². The molecule has 1 N–H and O–H groups in total. The average Bonchev–Trinajstić information content (AvgIpc) is 2.54. The molecule has 2 aromatic carbocycles. The number of benzene rings is 2. The predicted octanol–water partition coefficient (Wildman–Crippen LogP) is 3.46. The fourth-order valence-corrected chi connectivity index (χ4v) is 2.85. The van der Waals surface area contributed by atoms with Gasteiger partial charge in [-0.2, -0.15) is 0 Å². The van der Waals surface area contributed by atoms with Gasteiger partial charge in [-0.05, 0) is 42.8 Å². The Balaban J connectivity index is 1.85. The van der Waals surface area contributed by atoms with Crippen molar-refractivity contribution in [3.05, 3.63) is 58.6 Å². The largest absolute Gasteiger partial charge is 0.497 e. The van der Waals surface area contributed by atoms with Crippen LogP contribution in [0.3, 0.4) is 0 Å². The molecular formula is C18H16ClNO4. The Bertz CT molecular complexity index is 820. The van der Waals surface area contributed by atoms with E-state index in [1.807, 2.05) is 0 Å². The van der Waals surface area contributed by atoms with Crippen molar-refractivity contribution in [3.63, 3.8) is 0 Å². The Morgan fingerprint density at radius 3 is 2.83 bits per heavy atom. The first-order chi connectivity index (χ1) is 11.4. The number of cyclic esters (lactones) is 1. The zero-order valence-electron chi connectivity index (χ0n) is 13.3. The monoisotopic (exact) mass is 345 g/mol. The molecule has 1 amide bonds. The summed E-state index contributed by atoms with van der Waals surface area (Å²) < 4.78 is 10.5. The zero-order valence-corrected chi connectivity index (χ0v) is 14.0. The summed E-state index contributed by atoms with van der Waals surface area (Å²) in [4.78, 5) is 24.9. The maximum atomic E-state index is 12.7. The maximum Gasteiger partial charge on any atom is 0.339 e. The minimum atomic E-state index is -1.31. The Labute approximate surface area is 144 Å². The highest BCUT2D eigenvalue weighted by Gasteiger charge is 2.42. The van der Waals surface area contributed by atoms with Crippen LogP contribution in [0.1, 0.15) is 22.8 Å². The van der Waals surface area contributed by atoms with Gasteiger partial charge in [0.05, 0.1) is 12.7 Å². The number of ether oxygens (including phenoxy) is 2. The molecule has 0 bridgehead atoms. The third-order valence-electron chi connectivity index (χ3n) is 3.94. The van der Waals surface area contributed by atoms with Crippen LogP contribution in [0.25, 0.3) is 0 Å². The second-order valence-electron chi connectivity index (χ2n) is 5.78. The first kappa shape index (κ1) is 16.3. The number of carbonyl (C=O) groups is 2. The Kier molecular flexibility index (Phi) is 4.20. The Morgan fingerprint density at radius 2 is 2.08 bits per heavy atom. The van der Waals surface area contributed by atoms with Gasteiger partial charge < -0.3 is 14.8 Å². The predicted molar refractivity (Wildman–Crippen MR) is 90.6 cm³/mol. The molecule has 0 unspecified atom stereocenters. The van der Waals surface area contributed by atoms with Crippen molar-refractivity contribution < 1.29 is 19.1 Å². The lowest BCUT2D eigenvalue weighted by molar-refractivity contribution is -0.134. The van der Waals surface area contributed by atoms with Crippen LogP contribution in [-0.2, 0) is 16.0 Å². The molecule has 124 valence electrons. The van der Waals surface area contributed by atoms with Crippen LogP contribution < -0.4 is 10.1 Å². The summed E-state index contributed by atoms with van der Waals surface area (Å²) >= 11 is 5.99. The minimum absolute atomic E-state index is 0.254. The molecule has 0 spiro atoms. The van der Waals surface area contributed by atoms with E-state index >= 15 is 0 Å². The highest BCUT2D eigenvalue weighted by atomic mass is 35.5. The molecule has 0 saturated heterocycles. The molecule has 0 fully saturated rings. The summed E-state index contributed by atoms with van der Waals surface area (Å²) in [6.07, 6.45) is 0.254. The number of halogens is 1. The summed E-state index contributed by atoms with van der Waals surface area (Å²) in [5, 5.41) is 3.28. The van der Waals surface area contributed by atoms with Crippen molar-refractivity contribution in [2.45, 2.75) is 18.9 Å². The van der Waals surface area contributed by atoms with E-state index in [-0.39, 0.29) is 6.42 Å². The van der Waals surface area contributed by atoms with Gasteiger partial charge in [-0.1, -0.05) is 17.7 Å². The van der Waals surface area contributed by atoms with Gasteiger partial charge >= 0.3 is 5.97 Å². The van der Waals surface area contributed by atoms with Gasteiger partial charge in [0.25, 0.3) is 5.91 Å². The first-order valence-corrected chi connectivity index (χ1v) is 7.76. The van der Waals surface area contributed by atoms with Crippen LogP contribution in [0.2, 0.25) is 5.02 Å². The lowest BCUT2D eigenvalue weighted by atomic mass is 9.89. The fraction of sp³-hybridized carbons (Fsp3) is 0.222. The molecule has 1 heterocycles. The van der Waals surface area contributed by atoms with Gasteiger partial charge in [-0.15, -0.1) is 0 Å². The van der Waals surface area contributed by atoms with Crippen LogP contribution in [0.15, 0.2) is 42.5 Å². The van der Waals surface area contributed by atoms with Crippen molar-refractivity contribution in [1.82, 2.24) is 0 Å². The molecule has 1 atom stereocenters. The van der Waals surface area contributed by atoms with Gasteiger partial charge in [0, 0.05) is 23.2 Å². The lowest BCUT2D eigenvalue weighted by Gasteiger charge is -2.33. The summed E-state index contributed by atoms with van der Waals surface area (Å²) in [5.74, 6) is -0.318. The van der Waals surface area contributed by atoms with Crippen LogP contribution in [-0.4, -0.2) is 24.6 Å². The number of esters is 1. The molecular weight excluding hydrogens is 330 g/mol. The first-order valence-electron chi connectivity index (χ1n) is 7.38. The summed E-state index contributed by atoms with van der Waals surface area (Å²) in [5.41, 5.74) is 0.388. The van der Waals surface area contributed by atoms with Gasteiger partial charge in [0.1, 0.15) is 5.75 Å². The third kappa shape index (κ3) is 3.08. The van der Waals surface area contributed by atoms with E-state index in [1.54, 1.807) is 56.5 Å². The number of amides is 1. The number of hydrogen-bond donors (Lipinski definition) is 1. The van der Waals surface area contributed by atoms with Crippen LogP contribution in [0.5, 0.6) is 5.75 Å². The Hall–Kier alpha value is -2.53. The van der Waals surface area contributed by atoms with Crippen LogP contribution in [0, 0.1) is 0 Å². The van der Waals surface area contributed by atoms with Gasteiger partial charge in [-0.25, -0.2) is 4.79 Å². The molecule has 5 nitrogen and oxygen atoms in total. The standard InChI is InChI=1S/C18H16ClNO4/c1-18(17(22)20-13-4-3-5-14(9-13)23-2)10-11-8-12(19)6-7-15(11)16(21)24-18/h3-9H,10H2,1-2H3,(H,20,22)/t18-/m0/s1. The molecule has 3 rings (SSSR count).